The highest BCUT2D eigenvalue weighted by Gasteiger charge is 2.18. The highest BCUT2D eigenvalue weighted by molar-refractivity contribution is 6.33. The molecule has 1 heterocycles. The normalized spacial score (nSPS) is 10.7. The van der Waals surface area contributed by atoms with Gasteiger partial charge in [0.1, 0.15) is 19.3 Å². The van der Waals surface area contributed by atoms with E-state index in [2.05, 4.69) is 4.98 Å². The second-order valence-electron chi connectivity index (χ2n) is 5.61. The molecule has 0 saturated carbocycles. The molecule has 0 bridgehead atoms. The Hall–Kier alpha value is -3.02. The second-order valence-corrected chi connectivity index (χ2v) is 5.61. The van der Waals surface area contributed by atoms with Crippen LogP contribution in [-0.2, 0) is 11.2 Å². The lowest BCUT2D eigenvalue weighted by Crippen LogP contribution is -2.06. The van der Waals surface area contributed by atoms with Gasteiger partial charge in [-0.05, 0) is 18.2 Å². The molecule has 0 aliphatic rings. The molecule has 3 aromatic rings. The van der Waals surface area contributed by atoms with Crippen molar-refractivity contribution in [2.24, 2.45) is 0 Å². The fourth-order valence-corrected chi connectivity index (χ4v) is 2.73. The van der Waals surface area contributed by atoms with Crippen molar-refractivity contribution in [2.75, 3.05) is 7.11 Å². The van der Waals surface area contributed by atoms with Crippen molar-refractivity contribution in [3.63, 3.8) is 0 Å². The van der Waals surface area contributed by atoms with Crippen molar-refractivity contribution in [3.8, 4) is 22.8 Å². The summed E-state index contributed by atoms with van der Waals surface area (Å²) in [6, 6.07) is 12.7. The number of hydrogen-bond donors (Lipinski definition) is 2. The average Bonchev–Trinajstić information content (AvgIpc) is 2.57. The third-order valence-corrected chi connectivity index (χ3v) is 3.88. The van der Waals surface area contributed by atoms with Crippen LogP contribution in [0.3, 0.4) is 0 Å². The summed E-state index contributed by atoms with van der Waals surface area (Å²) in [6.07, 6.45) is -0.310. The first-order chi connectivity index (χ1) is 11.5. The molecule has 24 heavy (non-hydrogen) atoms. The summed E-state index contributed by atoms with van der Waals surface area (Å²) in [5.41, 5.74) is 3.03. The zero-order chi connectivity index (χ0) is 17.3. The first kappa shape index (κ1) is 15.9. The molecule has 6 heteroatoms. The van der Waals surface area contributed by atoms with E-state index in [-0.39, 0.29) is 12.2 Å². The van der Waals surface area contributed by atoms with Crippen LogP contribution in [0.2, 0.25) is 0 Å². The number of aromatic nitrogens is 1. The molecule has 0 saturated heterocycles. The molecule has 0 fully saturated rings. The van der Waals surface area contributed by atoms with Crippen molar-refractivity contribution in [3.05, 3.63) is 48.0 Å². The van der Waals surface area contributed by atoms with E-state index in [0.29, 0.717) is 33.5 Å². The fourth-order valence-electron chi connectivity index (χ4n) is 2.73. The van der Waals surface area contributed by atoms with Gasteiger partial charge in [0.2, 0.25) is 0 Å². The predicted molar refractivity (Wildman–Crippen MR) is 94.9 cm³/mol. The molecular formula is C18H16BNO4. The number of ether oxygens (including phenoxy) is 1. The topological polar surface area (TPSA) is 79.7 Å². The minimum absolute atomic E-state index is 0.0380. The molecule has 2 aromatic carbocycles. The van der Waals surface area contributed by atoms with Gasteiger partial charge in [-0.1, -0.05) is 29.7 Å². The van der Waals surface area contributed by atoms with E-state index in [9.17, 15) is 15.0 Å². The highest BCUT2D eigenvalue weighted by Crippen LogP contribution is 2.35. The van der Waals surface area contributed by atoms with Crippen molar-refractivity contribution in [1.29, 1.82) is 0 Å². The maximum absolute atomic E-state index is 11.3. The van der Waals surface area contributed by atoms with Crippen LogP contribution in [0, 0.1) is 0 Å². The number of benzene rings is 2. The van der Waals surface area contributed by atoms with E-state index < -0.39 is 5.97 Å². The molecule has 2 N–H and O–H groups in total. The Labute approximate surface area is 139 Å². The van der Waals surface area contributed by atoms with Crippen LogP contribution in [0.4, 0.5) is 0 Å². The molecule has 1 aromatic heterocycles. The SMILES string of the molecule is Bc1ccc2nc(-c3cccc(OC)c3)c(CC(=O)O)c(O)c2c1. The molecule has 3 rings (SSSR count). The Morgan fingerprint density at radius 1 is 1.25 bits per heavy atom. The van der Waals surface area contributed by atoms with Crippen molar-refractivity contribution >= 4 is 30.2 Å². The number of carbonyl (C=O) groups is 1. The smallest absolute Gasteiger partial charge is 0.308 e. The molecule has 0 atom stereocenters. The van der Waals surface area contributed by atoms with E-state index >= 15 is 0 Å². The molecular weight excluding hydrogens is 305 g/mol. The largest absolute Gasteiger partial charge is 0.507 e. The number of carboxylic acid groups (broad SMARTS) is 1. The fraction of sp³-hybridized carbons (Fsp3) is 0.111. The van der Waals surface area contributed by atoms with Crippen molar-refractivity contribution < 1.29 is 19.7 Å². The summed E-state index contributed by atoms with van der Waals surface area (Å²) in [6.45, 7) is 0. The Morgan fingerprint density at radius 2 is 2.04 bits per heavy atom. The lowest BCUT2D eigenvalue weighted by atomic mass is 9.92. The first-order valence-electron chi connectivity index (χ1n) is 7.48. The number of fused-ring (bicyclic) bond motifs is 1. The highest BCUT2D eigenvalue weighted by atomic mass is 16.5. The molecule has 0 amide bonds. The summed E-state index contributed by atoms with van der Waals surface area (Å²) < 4.78 is 5.22. The number of nitrogens with zero attached hydrogens (tertiary/aromatic N) is 1. The Balaban J connectivity index is 2.32. The molecule has 0 radical (unpaired) electrons. The van der Waals surface area contributed by atoms with Crippen LogP contribution in [0.5, 0.6) is 11.5 Å². The zero-order valence-corrected chi connectivity index (χ0v) is 13.4. The summed E-state index contributed by atoms with van der Waals surface area (Å²) in [5.74, 6) is -0.425. The molecule has 5 nitrogen and oxygen atoms in total. The predicted octanol–water partition coefficient (Wildman–Crippen LogP) is 1.50. The molecule has 0 aliphatic heterocycles. The van der Waals surface area contributed by atoms with Crippen molar-refractivity contribution in [1.82, 2.24) is 4.98 Å². The average molecular weight is 321 g/mol. The van der Waals surface area contributed by atoms with E-state index in [1.165, 1.54) is 0 Å². The minimum atomic E-state index is -1.02. The first-order valence-corrected chi connectivity index (χ1v) is 7.48. The van der Waals surface area contributed by atoms with Gasteiger partial charge in [-0.2, -0.15) is 0 Å². The lowest BCUT2D eigenvalue weighted by molar-refractivity contribution is -0.136. The van der Waals surface area contributed by atoms with Gasteiger partial charge in [-0.3, -0.25) is 4.79 Å². The molecule has 0 spiro atoms. The lowest BCUT2D eigenvalue weighted by Gasteiger charge is -2.13. The number of rotatable bonds is 4. The molecule has 0 unspecified atom stereocenters. The number of hydrogen-bond acceptors (Lipinski definition) is 4. The van der Waals surface area contributed by atoms with Crippen LogP contribution in [0.25, 0.3) is 22.2 Å². The Bertz CT molecular complexity index is 940. The van der Waals surface area contributed by atoms with Crippen LogP contribution < -0.4 is 10.2 Å². The number of pyridine rings is 1. The van der Waals surface area contributed by atoms with E-state index in [4.69, 9.17) is 4.74 Å². The van der Waals surface area contributed by atoms with Crippen LogP contribution in [0.1, 0.15) is 5.56 Å². The summed E-state index contributed by atoms with van der Waals surface area (Å²) in [4.78, 5) is 15.9. The van der Waals surface area contributed by atoms with Gasteiger partial charge in [-0.15, -0.1) is 0 Å². The monoisotopic (exact) mass is 321 g/mol. The van der Waals surface area contributed by atoms with E-state index in [0.717, 1.165) is 5.46 Å². The standard InChI is InChI=1S/C18H16BNO4/c1-24-12-4-2-3-10(7-12)17-14(9-16(21)22)18(23)13-8-11(19)5-6-15(13)20-17/h2-8H,9,19H2,1H3,(H,20,23)(H,21,22). The molecule has 0 aliphatic carbocycles. The maximum atomic E-state index is 11.3. The zero-order valence-electron chi connectivity index (χ0n) is 13.4. The van der Waals surface area contributed by atoms with E-state index in [1.54, 1.807) is 31.4 Å². The Morgan fingerprint density at radius 3 is 2.75 bits per heavy atom. The van der Waals surface area contributed by atoms with Gasteiger partial charge in [0.25, 0.3) is 0 Å². The number of carboxylic acids is 1. The second kappa shape index (κ2) is 6.24. The summed E-state index contributed by atoms with van der Waals surface area (Å²) in [5, 5.41) is 20.4. The van der Waals surface area contributed by atoms with E-state index in [1.807, 2.05) is 26.0 Å². The van der Waals surface area contributed by atoms with Gasteiger partial charge in [0.05, 0.1) is 24.7 Å². The van der Waals surface area contributed by atoms with Crippen molar-refractivity contribution in [2.45, 2.75) is 6.42 Å². The minimum Gasteiger partial charge on any atom is -0.507 e. The number of aliphatic carboxylic acids is 1. The Kier molecular flexibility index (Phi) is 4.12. The number of aromatic hydroxyl groups is 1. The van der Waals surface area contributed by atoms with Crippen LogP contribution in [0.15, 0.2) is 42.5 Å². The van der Waals surface area contributed by atoms with Gasteiger partial charge < -0.3 is 14.9 Å². The summed E-state index contributed by atoms with van der Waals surface area (Å²) >= 11 is 0. The third kappa shape index (κ3) is 2.90. The number of methoxy groups -OCH3 is 1. The molecule has 120 valence electrons. The van der Waals surface area contributed by atoms with Gasteiger partial charge in [-0.25, -0.2) is 4.98 Å². The summed E-state index contributed by atoms with van der Waals surface area (Å²) in [7, 11) is 3.47. The van der Waals surface area contributed by atoms with Gasteiger partial charge >= 0.3 is 5.97 Å². The van der Waals surface area contributed by atoms with Gasteiger partial charge in [0.15, 0.2) is 0 Å². The van der Waals surface area contributed by atoms with Crippen LogP contribution >= 0.6 is 0 Å². The van der Waals surface area contributed by atoms with Gasteiger partial charge in [0, 0.05) is 16.5 Å². The quantitative estimate of drug-likeness (QED) is 0.712. The maximum Gasteiger partial charge on any atom is 0.308 e. The van der Waals surface area contributed by atoms with Crippen LogP contribution in [-0.4, -0.2) is 36.1 Å². The third-order valence-electron chi connectivity index (χ3n) is 3.88.